The van der Waals surface area contributed by atoms with E-state index in [2.05, 4.69) is 21.2 Å². The molecule has 2 N–H and O–H groups in total. The lowest BCUT2D eigenvalue weighted by Gasteiger charge is -2.07. The van der Waals surface area contributed by atoms with Gasteiger partial charge in [0.15, 0.2) is 0 Å². The molecule has 0 bridgehead atoms. The Bertz CT molecular complexity index is 352. The molecule has 3 nitrogen and oxygen atoms in total. The van der Waals surface area contributed by atoms with Gasteiger partial charge in [0.25, 0.3) is 5.91 Å². The van der Waals surface area contributed by atoms with Crippen LogP contribution in [-0.4, -0.2) is 24.2 Å². The van der Waals surface area contributed by atoms with E-state index < -0.39 is 0 Å². The van der Waals surface area contributed by atoms with E-state index in [9.17, 15) is 4.79 Å². The van der Waals surface area contributed by atoms with Gasteiger partial charge in [-0.25, -0.2) is 0 Å². The standard InChI is InChI=1S/C11H14BrNO2/c1-8-7-9(12)3-4-10(8)11(15)13-5-2-6-14/h3-4,7,14H,2,5-6H2,1H3,(H,13,15). The van der Waals surface area contributed by atoms with Crippen molar-refractivity contribution in [2.45, 2.75) is 13.3 Å². The lowest BCUT2D eigenvalue weighted by molar-refractivity contribution is 0.0950. The first-order chi connectivity index (χ1) is 7.15. The third kappa shape index (κ3) is 3.64. The van der Waals surface area contributed by atoms with Crippen molar-refractivity contribution in [1.82, 2.24) is 5.32 Å². The molecule has 0 atom stereocenters. The molecule has 0 aromatic heterocycles. The third-order valence-electron chi connectivity index (χ3n) is 2.05. The van der Waals surface area contributed by atoms with Crippen LogP contribution in [0.25, 0.3) is 0 Å². The van der Waals surface area contributed by atoms with Gasteiger partial charge in [-0.05, 0) is 37.1 Å². The monoisotopic (exact) mass is 271 g/mol. The van der Waals surface area contributed by atoms with Gasteiger partial charge in [-0.3, -0.25) is 4.79 Å². The molecule has 0 spiro atoms. The fourth-order valence-corrected chi connectivity index (χ4v) is 1.73. The number of rotatable bonds is 4. The van der Waals surface area contributed by atoms with Gasteiger partial charge in [-0.1, -0.05) is 15.9 Å². The van der Waals surface area contributed by atoms with E-state index in [1.807, 2.05) is 19.1 Å². The second-order valence-electron chi connectivity index (χ2n) is 3.29. The number of aliphatic hydroxyl groups excluding tert-OH is 1. The topological polar surface area (TPSA) is 49.3 Å². The SMILES string of the molecule is Cc1cc(Br)ccc1C(=O)NCCCO. The van der Waals surface area contributed by atoms with Crippen molar-refractivity contribution in [3.05, 3.63) is 33.8 Å². The maximum absolute atomic E-state index is 11.6. The van der Waals surface area contributed by atoms with Gasteiger partial charge in [0.1, 0.15) is 0 Å². The number of nitrogens with one attached hydrogen (secondary N) is 1. The lowest BCUT2D eigenvalue weighted by Crippen LogP contribution is -2.25. The summed E-state index contributed by atoms with van der Waals surface area (Å²) in [5.41, 5.74) is 1.61. The Morgan fingerprint density at radius 3 is 2.87 bits per heavy atom. The summed E-state index contributed by atoms with van der Waals surface area (Å²) in [5.74, 6) is -0.0894. The Labute approximate surface area is 97.6 Å². The summed E-state index contributed by atoms with van der Waals surface area (Å²) in [6, 6.07) is 5.53. The van der Waals surface area contributed by atoms with Crippen molar-refractivity contribution in [3.63, 3.8) is 0 Å². The summed E-state index contributed by atoms with van der Waals surface area (Å²) >= 11 is 3.34. The predicted molar refractivity (Wildman–Crippen MR) is 62.9 cm³/mol. The molecular weight excluding hydrogens is 258 g/mol. The van der Waals surface area contributed by atoms with Crippen molar-refractivity contribution in [1.29, 1.82) is 0 Å². The zero-order valence-corrected chi connectivity index (χ0v) is 10.2. The molecule has 1 aromatic rings. The van der Waals surface area contributed by atoms with Crippen LogP contribution in [0.1, 0.15) is 22.3 Å². The fourth-order valence-electron chi connectivity index (χ4n) is 1.26. The lowest BCUT2D eigenvalue weighted by atomic mass is 10.1. The van der Waals surface area contributed by atoms with Crippen LogP contribution in [0, 0.1) is 6.92 Å². The minimum atomic E-state index is -0.0894. The van der Waals surface area contributed by atoms with Crippen molar-refractivity contribution in [2.75, 3.05) is 13.2 Å². The number of carbonyl (C=O) groups excluding carboxylic acids is 1. The Morgan fingerprint density at radius 2 is 2.27 bits per heavy atom. The molecule has 0 aliphatic heterocycles. The van der Waals surface area contributed by atoms with Gasteiger partial charge in [-0.2, -0.15) is 0 Å². The highest BCUT2D eigenvalue weighted by Crippen LogP contribution is 2.15. The maximum atomic E-state index is 11.6. The van der Waals surface area contributed by atoms with Gasteiger partial charge >= 0.3 is 0 Å². The highest BCUT2D eigenvalue weighted by Gasteiger charge is 2.07. The summed E-state index contributed by atoms with van der Waals surface area (Å²) in [4.78, 5) is 11.6. The fraction of sp³-hybridized carbons (Fsp3) is 0.364. The van der Waals surface area contributed by atoms with E-state index in [1.165, 1.54) is 0 Å². The van der Waals surface area contributed by atoms with Crippen LogP contribution in [-0.2, 0) is 0 Å². The molecule has 0 fully saturated rings. The predicted octanol–water partition coefficient (Wildman–Crippen LogP) is 1.87. The van der Waals surface area contributed by atoms with Crippen LogP contribution in [0.3, 0.4) is 0 Å². The molecule has 1 amide bonds. The van der Waals surface area contributed by atoms with Crippen LogP contribution in [0.4, 0.5) is 0 Å². The minimum Gasteiger partial charge on any atom is -0.396 e. The summed E-state index contributed by atoms with van der Waals surface area (Å²) < 4.78 is 0.965. The summed E-state index contributed by atoms with van der Waals surface area (Å²) in [7, 11) is 0. The third-order valence-corrected chi connectivity index (χ3v) is 2.55. The molecule has 0 saturated heterocycles. The average molecular weight is 272 g/mol. The number of aliphatic hydroxyl groups is 1. The average Bonchev–Trinajstić information content (AvgIpc) is 2.17. The molecule has 0 heterocycles. The van der Waals surface area contributed by atoms with E-state index in [0.29, 0.717) is 18.5 Å². The molecule has 82 valence electrons. The summed E-state index contributed by atoms with van der Waals surface area (Å²) in [6.07, 6.45) is 0.585. The Hall–Kier alpha value is -0.870. The second-order valence-corrected chi connectivity index (χ2v) is 4.21. The smallest absolute Gasteiger partial charge is 0.251 e. The van der Waals surface area contributed by atoms with E-state index in [-0.39, 0.29) is 12.5 Å². The number of carbonyl (C=O) groups is 1. The highest BCUT2D eigenvalue weighted by atomic mass is 79.9. The van der Waals surface area contributed by atoms with E-state index in [0.717, 1.165) is 10.0 Å². The number of benzene rings is 1. The van der Waals surface area contributed by atoms with Crippen molar-refractivity contribution < 1.29 is 9.90 Å². The first-order valence-corrected chi connectivity index (χ1v) is 5.59. The van der Waals surface area contributed by atoms with Crippen LogP contribution in [0.15, 0.2) is 22.7 Å². The van der Waals surface area contributed by atoms with Crippen LogP contribution in [0.2, 0.25) is 0 Å². The van der Waals surface area contributed by atoms with Crippen LogP contribution in [0.5, 0.6) is 0 Å². The number of hydrogen-bond acceptors (Lipinski definition) is 2. The van der Waals surface area contributed by atoms with Gasteiger partial charge in [0, 0.05) is 23.2 Å². The molecule has 4 heteroatoms. The molecule has 0 saturated carbocycles. The first-order valence-electron chi connectivity index (χ1n) is 4.80. The summed E-state index contributed by atoms with van der Waals surface area (Å²) in [6.45, 7) is 2.50. The minimum absolute atomic E-state index is 0.0894. The van der Waals surface area contributed by atoms with Crippen LogP contribution < -0.4 is 5.32 Å². The molecule has 1 aromatic carbocycles. The Morgan fingerprint density at radius 1 is 1.53 bits per heavy atom. The zero-order valence-electron chi connectivity index (χ0n) is 8.59. The van der Waals surface area contributed by atoms with Gasteiger partial charge in [-0.15, -0.1) is 0 Å². The molecular formula is C11H14BrNO2. The maximum Gasteiger partial charge on any atom is 0.251 e. The number of hydrogen-bond donors (Lipinski definition) is 2. The zero-order chi connectivity index (χ0) is 11.3. The van der Waals surface area contributed by atoms with Crippen LogP contribution >= 0.6 is 15.9 Å². The molecule has 0 aliphatic rings. The molecule has 1 rings (SSSR count). The van der Waals surface area contributed by atoms with E-state index in [4.69, 9.17) is 5.11 Å². The first kappa shape index (κ1) is 12.2. The highest BCUT2D eigenvalue weighted by molar-refractivity contribution is 9.10. The Kier molecular flexibility index (Phi) is 4.78. The molecule has 0 unspecified atom stereocenters. The van der Waals surface area contributed by atoms with Gasteiger partial charge in [0.05, 0.1) is 0 Å². The normalized spacial score (nSPS) is 10.1. The number of halogens is 1. The van der Waals surface area contributed by atoms with E-state index >= 15 is 0 Å². The molecule has 0 aliphatic carbocycles. The van der Waals surface area contributed by atoms with Gasteiger partial charge in [0.2, 0.25) is 0 Å². The second kappa shape index (κ2) is 5.88. The quantitative estimate of drug-likeness (QED) is 0.822. The number of amides is 1. The number of aryl methyl sites for hydroxylation is 1. The van der Waals surface area contributed by atoms with Crippen molar-refractivity contribution in [3.8, 4) is 0 Å². The molecule has 0 radical (unpaired) electrons. The largest absolute Gasteiger partial charge is 0.396 e. The van der Waals surface area contributed by atoms with E-state index in [1.54, 1.807) is 6.07 Å². The Balaban J connectivity index is 2.65. The summed E-state index contributed by atoms with van der Waals surface area (Å²) in [5, 5.41) is 11.3. The molecule has 15 heavy (non-hydrogen) atoms. The van der Waals surface area contributed by atoms with Gasteiger partial charge < -0.3 is 10.4 Å². The van der Waals surface area contributed by atoms with Crippen molar-refractivity contribution >= 4 is 21.8 Å². The van der Waals surface area contributed by atoms with Crippen molar-refractivity contribution in [2.24, 2.45) is 0 Å².